The van der Waals surface area contributed by atoms with Gasteiger partial charge in [-0.1, -0.05) is 35.0 Å². The monoisotopic (exact) mass is 347 g/mol. The lowest BCUT2D eigenvalue weighted by Crippen LogP contribution is -2.27. The van der Waals surface area contributed by atoms with Crippen LogP contribution >= 0.6 is 15.9 Å². The van der Waals surface area contributed by atoms with Crippen LogP contribution in [0.4, 0.5) is 5.82 Å². The summed E-state index contributed by atoms with van der Waals surface area (Å²) >= 11 is 3.40. The molecular weight excluding hydrogens is 330 g/mol. The zero-order chi connectivity index (χ0) is 15.4. The van der Waals surface area contributed by atoms with E-state index in [4.69, 9.17) is 5.73 Å². The van der Waals surface area contributed by atoms with E-state index >= 15 is 0 Å². The van der Waals surface area contributed by atoms with Gasteiger partial charge in [-0.25, -0.2) is 4.98 Å². The average Bonchev–Trinajstić information content (AvgIpc) is 2.47. The maximum atomic E-state index is 12.3. The van der Waals surface area contributed by atoms with Gasteiger partial charge in [-0.15, -0.1) is 0 Å². The lowest BCUT2D eigenvalue weighted by atomic mass is 10.1. The molecule has 1 atom stereocenters. The van der Waals surface area contributed by atoms with Crippen molar-refractivity contribution in [1.82, 2.24) is 10.3 Å². The van der Waals surface area contributed by atoms with Gasteiger partial charge in [0, 0.05) is 15.7 Å². The summed E-state index contributed by atoms with van der Waals surface area (Å²) in [4.78, 5) is 16.5. The van der Waals surface area contributed by atoms with Crippen LogP contribution in [-0.2, 0) is 6.42 Å². The largest absolute Gasteiger partial charge is 0.384 e. The fourth-order valence-electron chi connectivity index (χ4n) is 2.04. The SMILES string of the molecule is CCc1cc(C(=O)NC(C)c2ccc(Br)cc2)cc(N)n1. The summed E-state index contributed by atoms with van der Waals surface area (Å²) in [7, 11) is 0. The van der Waals surface area contributed by atoms with E-state index in [0.717, 1.165) is 22.2 Å². The summed E-state index contributed by atoms with van der Waals surface area (Å²) in [5.41, 5.74) is 8.14. The third-order valence-corrected chi connectivity index (χ3v) is 3.77. The second kappa shape index (κ2) is 6.72. The van der Waals surface area contributed by atoms with Crippen molar-refractivity contribution in [1.29, 1.82) is 0 Å². The zero-order valence-corrected chi connectivity index (χ0v) is 13.6. The molecule has 21 heavy (non-hydrogen) atoms. The minimum Gasteiger partial charge on any atom is -0.384 e. The Labute approximate surface area is 132 Å². The number of benzene rings is 1. The number of aryl methyl sites for hydroxylation is 1. The number of halogens is 1. The fourth-order valence-corrected chi connectivity index (χ4v) is 2.30. The first-order valence-corrected chi connectivity index (χ1v) is 7.61. The van der Waals surface area contributed by atoms with E-state index in [0.29, 0.717) is 11.4 Å². The third-order valence-electron chi connectivity index (χ3n) is 3.24. The average molecular weight is 348 g/mol. The van der Waals surface area contributed by atoms with E-state index in [1.807, 2.05) is 38.1 Å². The van der Waals surface area contributed by atoms with Crippen molar-refractivity contribution in [3.05, 3.63) is 57.7 Å². The van der Waals surface area contributed by atoms with E-state index in [1.54, 1.807) is 12.1 Å². The normalized spacial score (nSPS) is 12.0. The molecule has 0 radical (unpaired) electrons. The minimum atomic E-state index is -0.144. The van der Waals surface area contributed by atoms with Crippen molar-refractivity contribution in [3.8, 4) is 0 Å². The van der Waals surface area contributed by atoms with Gasteiger partial charge in [0.1, 0.15) is 5.82 Å². The standard InChI is InChI=1S/C16H18BrN3O/c1-3-14-8-12(9-15(18)20-14)16(21)19-10(2)11-4-6-13(17)7-5-11/h4-10H,3H2,1-2H3,(H2,18,20)(H,19,21). The Kier molecular flexibility index (Phi) is 4.96. The maximum Gasteiger partial charge on any atom is 0.251 e. The van der Waals surface area contributed by atoms with Crippen LogP contribution in [0.25, 0.3) is 0 Å². The Morgan fingerprint density at radius 3 is 2.62 bits per heavy atom. The highest BCUT2D eigenvalue weighted by atomic mass is 79.9. The molecule has 110 valence electrons. The number of amides is 1. The number of nitrogens with two attached hydrogens (primary N) is 1. The Morgan fingerprint density at radius 2 is 2.00 bits per heavy atom. The molecule has 0 aliphatic rings. The van der Waals surface area contributed by atoms with Crippen molar-refractivity contribution in [2.45, 2.75) is 26.3 Å². The molecule has 1 unspecified atom stereocenters. The molecule has 1 aromatic heterocycles. The number of rotatable bonds is 4. The number of carbonyl (C=O) groups is 1. The molecule has 1 aromatic carbocycles. The lowest BCUT2D eigenvalue weighted by molar-refractivity contribution is 0.0939. The van der Waals surface area contributed by atoms with Gasteiger partial charge in [0.25, 0.3) is 5.91 Å². The van der Waals surface area contributed by atoms with E-state index < -0.39 is 0 Å². The van der Waals surface area contributed by atoms with Crippen LogP contribution in [-0.4, -0.2) is 10.9 Å². The van der Waals surface area contributed by atoms with Crippen LogP contribution in [0.3, 0.4) is 0 Å². The molecule has 2 aromatic rings. The fraction of sp³-hybridized carbons (Fsp3) is 0.250. The highest BCUT2D eigenvalue weighted by Crippen LogP contribution is 2.17. The van der Waals surface area contributed by atoms with Gasteiger partial charge in [-0.05, 0) is 43.2 Å². The van der Waals surface area contributed by atoms with Crippen LogP contribution in [0.15, 0.2) is 40.9 Å². The number of anilines is 1. The highest BCUT2D eigenvalue weighted by Gasteiger charge is 2.13. The van der Waals surface area contributed by atoms with Crippen molar-refractivity contribution in [2.24, 2.45) is 0 Å². The Bertz CT molecular complexity index is 640. The minimum absolute atomic E-state index is 0.0786. The first kappa shape index (κ1) is 15.5. The highest BCUT2D eigenvalue weighted by molar-refractivity contribution is 9.10. The number of nitrogens with one attached hydrogen (secondary N) is 1. The quantitative estimate of drug-likeness (QED) is 0.889. The van der Waals surface area contributed by atoms with Gasteiger partial charge < -0.3 is 11.1 Å². The Morgan fingerprint density at radius 1 is 1.33 bits per heavy atom. The number of hydrogen-bond donors (Lipinski definition) is 2. The number of carbonyl (C=O) groups excluding carboxylic acids is 1. The molecule has 0 bridgehead atoms. The van der Waals surface area contributed by atoms with E-state index in [1.165, 1.54) is 0 Å². The zero-order valence-electron chi connectivity index (χ0n) is 12.1. The third kappa shape index (κ3) is 4.04. The van der Waals surface area contributed by atoms with Gasteiger partial charge in [0.15, 0.2) is 0 Å². The van der Waals surface area contributed by atoms with Crippen LogP contribution < -0.4 is 11.1 Å². The first-order chi connectivity index (χ1) is 9.99. The van der Waals surface area contributed by atoms with Gasteiger partial charge >= 0.3 is 0 Å². The molecule has 1 heterocycles. The molecule has 0 spiro atoms. The second-order valence-corrected chi connectivity index (χ2v) is 5.79. The summed E-state index contributed by atoms with van der Waals surface area (Å²) in [6.07, 6.45) is 0.744. The van der Waals surface area contributed by atoms with Crippen LogP contribution in [0.1, 0.15) is 41.5 Å². The molecule has 5 heteroatoms. The van der Waals surface area contributed by atoms with Gasteiger partial charge in [0.2, 0.25) is 0 Å². The van der Waals surface area contributed by atoms with Crippen LogP contribution in [0, 0.1) is 0 Å². The number of nitrogen functional groups attached to an aromatic ring is 1. The van der Waals surface area contributed by atoms with E-state index in [2.05, 4.69) is 26.2 Å². The molecule has 1 amide bonds. The maximum absolute atomic E-state index is 12.3. The number of hydrogen-bond acceptors (Lipinski definition) is 3. The lowest BCUT2D eigenvalue weighted by Gasteiger charge is -2.15. The Hall–Kier alpha value is -1.88. The predicted octanol–water partition coefficient (Wildman–Crippen LogP) is 3.48. The summed E-state index contributed by atoms with van der Waals surface area (Å²) in [6.45, 7) is 3.93. The van der Waals surface area contributed by atoms with Crippen molar-refractivity contribution in [2.75, 3.05) is 5.73 Å². The van der Waals surface area contributed by atoms with Crippen LogP contribution in [0.2, 0.25) is 0 Å². The van der Waals surface area contributed by atoms with Gasteiger partial charge in [0.05, 0.1) is 6.04 Å². The van der Waals surface area contributed by atoms with Crippen molar-refractivity contribution >= 4 is 27.7 Å². The molecular formula is C16H18BrN3O. The predicted molar refractivity (Wildman–Crippen MR) is 88.1 cm³/mol. The molecule has 3 N–H and O–H groups in total. The van der Waals surface area contributed by atoms with Gasteiger partial charge in [-0.2, -0.15) is 0 Å². The molecule has 4 nitrogen and oxygen atoms in total. The van der Waals surface area contributed by atoms with Crippen LogP contribution in [0.5, 0.6) is 0 Å². The van der Waals surface area contributed by atoms with E-state index in [-0.39, 0.29) is 11.9 Å². The molecule has 2 rings (SSSR count). The molecule has 0 aliphatic carbocycles. The molecule has 0 saturated heterocycles. The summed E-state index contributed by atoms with van der Waals surface area (Å²) in [5.74, 6) is 0.227. The van der Waals surface area contributed by atoms with Crippen molar-refractivity contribution in [3.63, 3.8) is 0 Å². The number of pyridine rings is 1. The second-order valence-electron chi connectivity index (χ2n) is 4.87. The van der Waals surface area contributed by atoms with Crippen molar-refractivity contribution < 1.29 is 4.79 Å². The summed E-state index contributed by atoms with van der Waals surface area (Å²) in [6, 6.07) is 11.2. The molecule has 0 aliphatic heterocycles. The summed E-state index contributed by atoms with van der Waals surface area (Å²) in [5, 5.41) is 2.97. The topological polar surface area (TPSA) is 68.0 Å². The first-order valence-electron chi connectivity index (χ1n) is 6.82. The smallest absolute Gasteiger partial charge is 0.251 e. The van der Waals surface area contributed by atoms with Gasteiger partial charge in [-0.3, -0.25) is 4.79 Å². The number of aromatic nitrogens is 1. The molecule has 0 saturated carbocycles. The Balaban J connectivity index is 2.13. The van der Waals surface area contributed by atoms with E-state index in [9.17, 15) is 4.79 Å². The molecule has 0 fully saturated rings. The summed E-state index contributed by atoms with van der Waals surface area (Å²) < 4.78 is 1.01. The number of nitrogens with zero attached hydrogens (tertiary/aromatic N) is 1.